The molecule has 2 N–H and O–H groups in total. The van der Waals surface area contributed by atoms with Gasteiger partial charge in [-0.3, -0.25) is 14.9 Å². The second-order valence-electron chi connectivity index (χ2n) is 7.33. The van der Waals surface area contributed by atoms with E-state index in [9.17, 15) is 19.3 Å². The number of nitrogens with one attached hydrogen (secondary N) is 2. The van der Waals surface area contributed by atoms with Crippen molar-refractivity contribution in [2.45, 2.75) is 45.6 Å². The second-order valence-corrected chi connectivity index (χ2v) is 7.33. The van der Waals surface area contributed by atoms with Gasteiger partial charge in [-0.1, -0.05) is 13.3 Å². The molecule has 168 valence electrons. The standard InChI is InChI=1S/C20H25FN6O3.ClH/c1-3-4-5-14-11-19(26-9-8-16(12-26)22-13(2)28)25-20(23-14)24-15-6-7-17(21)18(10-15)27(29)30;/h6-7,10-11,16H,3-5,8-9,12H2,1-2H3,(H,22,28)(H,23,24,25);1H. The molecule has 1 amide bonds. The molecule has 0 saturated carbocycles. The maximum Gasteiger partial charge on any atom is 0.306 e. The lowest BCUT2D eigenvalue weighted by Gasteiger charge is -2.19. The molecule has 31 heavy (non-hydrogen) atoms. The van der Waals surface area contributed by atoms with Crippen molar-refractivity contribution in [2.75, 3.05) is 23.3 Å². The summed E-state index contributed by atoms with van der Waals surface area (Å²) >= 11 is 0. The van der Waals surface area contributed by atoms with E-state index < -0.39 is 16.4 Å². The number of carbonyl (C=O) groups is 1. The Hall–Kier alpha value is -3.01. The lowest BCUT2D eigenvalue weighted by Crippen LogP contribution is -2.35. The number of anilines is 3. The molecule has 11 heteroatoms. The number of hydrogen-bond acceptors (Lipinski definition) is 7. The van der Waals surface area contributed by atoms with Crippen molar-refractivity contribution in [1.82, 2.24) is 15.3 Å². The Morgan fingerprint density at radius 3 is 2.81 bits per heavy atom. The Morgan fingerprint density at radius 2 is 2.13 bits per heavy atom. The van der Waals surface area contributed by atoms with Gasteiger partial charge in [-0.2, -0.15) is 9.37 Å². The average molecular weight is 453 g/mol. The van der Waals surface area contributed by atoms with Crippen LogP contribution in [0.2, 0.25) is 0 Å². The third-order valence-corrected chi connectivity index (χ3v) is 4.87. The Kier molecular flexibility index (Phi) is 8.49. The van der Waals surface area contributed by atoms with E-state index in [1.807, 2.05) is 6.07 Å². The molecular formula is C20H26ClFN6O3. The van der Waals surface area contributed by atoms with E-state index >= 15 is 0 Å². The molecule has 1 atom stereocenters. The zero-order valence-corrected chi connectivity index (χ0v) is 18.2. The first-order chi connectivity index (χ1) is 14.4. The van der Waals surface area contributed by atoms with E-state index in [2.05, 4.69) is 32.4 Å². The number of aromatic nitrogens is 2. The Morgan fingerprint density at radius 1 is 1.35 bits per heavy atom. The summed E-state index contributed by atoms with van der Waals surface area (Å²) in [5, 5.41) is 16.9. The van der Waals surface area contributed by atoms with Gasteiger partial charge < -0.3 is 15.5 Å². The van der Waals surface area contributed by atoms with Crippen LogP contribution >= 0.6 is 12.4 Å². The highest BCUT2D eigenvalue weighted by atomic mass is 35.5. The lowest BCUT2D eigenvalue weighted by molar-refractivity contribution is -0.387. The minimum atomic E-state index is -0.898. The van der Waals surface area contributed by atoms with Gasteiger partial charge in [0, 0.05) is 49.6 Å². The average Bonchev–Trinajstić information content (AvgIpc) is 3.15. The number of unbranched alkanes of at least 4 members (excludes halogenated alkanes) is 1. The Balaban J connectivity index is 0.00000341. The van der Waals surface area contributed by atoms with Gasteiger partial charge in [-0.25, -0.2) is 4.98 Å². The Labute approximate surface area is 186 Å². The number of benzene rings is 1. The van der Waals surface area contributed by atoms with Gasteiger partial charge in [-0.05, 0) is 31.4 Å². The van der Waals surface area contributed by atoms with Gasteiger partial charge in [-0.15, -0.1) is 12.4 Å². The van der Waals surface area contributed by atoms with Gasteiger partial charge in [0.05, 0.1) is 4.92 Å². The third-order valence-electron chi connectivity index (χ3n) is 4.87. The number of nitrogens with zero attached hydrogens (tertiary/aromatic N) is 4. The minimum absolute atomic E-state index is 0. The van der Waals surface area contributed by atoms with Gasteiger partial charge in [0.15, 0.2) is 0 Å². The topological polar surface area (TPSA) is 113 Å². The number of nitro benzene ring substituents is 1. The van der Waals surface area contributed by atoms with Crippen molar-refractivity contribution in [3.63, 3.8) is 0 Å². The van der Waals surface area contributed by atoms with Crippen LogP contribution in [0.1, 0.15) is 38.8 Å². The number of nitro groups is 1. The Bertz CT molecular complexity index is 945. The van der Waals surface area contributed by atoms with Crippen molar-refractivity contribution in [1.29, 1.82) is 0 Å². The normalized spacial score (nSPS) is 15.3. The number of amides is 1. The minimum Gasteiger partial charge on any atom is -0.354 e. The van der Waals surface area contributed by atoms with Gasteiger partial charge in [0.2, 0.25) is 17.7 Å². The maximum atomic E-state index is 13.6. The molecule has 1 aromatic carbocycles. The van der Waals surface area contributed by atoms with Crippen molar-refractivity contribution in [3.05, 3.63) is 45.9 Å². The monoisotopic (exact) mass is 452 g/mol. The van der Waals surface area contributed by atoms with E-state index in [-0.39, 0.29) is 24.4 Å². The first-order valence-electron chi connectivity index (χ1n) is 9.96. The molecule has 1 saturated heterocycles. The molecule has 0 aliphatic carbocycles. The van der Waals surface area contributed by atoms with E-state index in [1.54, 1.807) is 0 Å². The highest BCUT2D eigenvalue weighted by molar-refractivity contribution is 5.85. The fourth-order valence-corrected chi connectivity index (χ4v) is 3.42. The molecule has 9 nitrogen and oxygen atoms in total. The van der Waals surface area contributed by atoms with Crippen LogP contribution in [-0.4, -0.2) is 39.9 Å². The SMILES string of the molecule is CCCCc1cc(N2CCC(NC(C)=O)C2)nc(Nc2ccc(F)c([N+](=O)[O-])c2)n1.Cl. The molecule has 3 rings (SSSR count). The fourth-order valence-electron chi connectivity index (χ4n) is 3.42. The maximum absolute atomic E-state index is 13.6. The number of halogens is 2. The molecule has 1 aromatic heterocycles. The second kappa shape index (κ2) is 10.9. The summed E-state index contributed by atoms with van der Waals surface area (Å²) in [5.74, 6) is 0.0592. The summed E-state index contributed by atoms with van der Waals surface area (Å²) in [4.78, 5) is 32.7. The van der Waals surface area contributed by atoms with Crippen LogP contribution in [0.5, 0.6) is 0 Å². The smallest absolute Gasteiger partial charge is 0.306 e. The van der Waals surface area contributed by atoms with Crippen molar-refractivity contribution in [2.24, 2.45) is 0 Å². The first kappa shape index (κ1) is 24.3. The van der Waals surface area contributed by atoms with Crippen LogP contribution < -0.4 is 15.5 Å². The number of aryl methyl sites for hydroxylation is 1. The summed E-state index contributed by atoms with van der Waals surface area (Å²) in [6.45, 7) is 4.99. The van der Waals surface area contributed by atoms with Crippen LogP contribution in [0.25, 0.3) is 0 Å². The van der Waals surface area contributed by atoms with Crippen LogP contribution in [0.3, 0.4) is 0 Å². The summed E-state index contributed by atoms with van der Waals surface area (Å²) in [6.07, 6.45) is 3.57. The van der Waals surface area contributed by atoms with Crippen molar-refractivity contribution < 1.29 is 14.1 Å². The highest BCUT2D eigenvalue weighted by Crippen LogP contribution is 2.26. The van der Waals surface area contributed by atoms with Crippen LogP contribution in [0.15, 0.2) is 24.3 Å². The van der Waals surface area contributed by atoms with Crippen LogP contribution in [0.4, 0.5) is 27.5 Å². The highest BCUT2D eigenvalue weighted by Gasteiger charge is 2.25. The summed E-state index contributed by atoms with van der Waals surface area (Å²) in [5.41, 5.74) is 0.572. The zero-order valence-electron chi connectivity index (χ0n) is 17.4. The quantitative estimate of drug-likeness (QED) is 0.463. The van der Waals surface area contributed by atoms with E-state index in [4.69, 9.17) is 0 Å². The van der Waals surface area contributed by atoms with Gasteiger partial charge in [0.1, 0.15) is 5.82 Å². The van der Waals surface area contributed by atoms with E-state index in [0.29, 0.717) is 18.2 Å². The summed E-state index contributed by atoms with van der Waals surface area (Å²) in [6, 6.07) is 5.57. The third kappa shape index (κ3) is 6.48. The lowest BCUT2D eigenvalue weighted by atomic mass is 10.2. The number of hydrogen-bond donors (Lipinski definition) is 2. The summed E-state index contributed by atoms with van der Waals surface area (Å²) in [7, 11) is 0. The first-order valence-corrected chi connectivity index (χ1v) is 9.96. The largest absolute Gasteiger partial charge is 0.354 e. The molecule has 1 aliphatic heterocycles. The molecular weight excluding hydrogens is 427 g/mol. The van der Waals surface area contributed by atoms with Gasteiger partial charge in [0.25, 0.3) is 0 Å². The molecule has 0 radical (unpaired) electrons. The van der Waals surface area contributed by atoms with E-state index in [1.165, 1.54) is 13.0 Å². The molecule has 0 spiro atoms. The molecule has 0 bridgehead atoms. The molecule has 1 unspecified atom stereocenters. The molecule has 1 aliphatic rings. The predicted octanol–water partition coefficient (Wildman–Crippen LogP) is 3.75. The fraction of sp³-hybridized carbons (Fsp3) is 0.450. The molecule has 2 aromatic rings. The molecule has 1 fully saturated rings. The number of carbonyl (C=O) groups excluding carboxylic acids is 1. The summed E-state index contributed by atoms with van der Waals surface area (Å²) < 4.78 is 13.6. The van der Waals surface area contributed by atoms with E-state index in [0.717, 1.165) is 55.9 Å². The van der Waals surface area contributed by atoms with Crippen LogP contribution in [0, 0.1) is 15.9 Å². The van der Waals surface area contributed by atoms with Crippen molar-refractivity contribution >= 4 is 41.5 Å². The van der Waals surface area contributed by atoms with Gasteiger partial charge >= 0.3 is 5.69 Å². The number of rotatable bonds is 8. The zero-order chi connectivity index (χ0) is 21.7. The molecule has 2 heterocycles. The predicted molar refractivity (Wildman–Crippen MR) is 119 cm³/mol. The van der Waals surface area contributed by atoms with Crippen LogP contribution in [-0.2, 0) is 11.2 Å². The van der Waals surface area contributed by atoms with Crippen molar-refractivity contribution in [3.8, 4) is 0 Å².